The molecule has 2 heterocycles. The van der Waals surface area contributed by atoms with E-state index in [1.807, 2.05) is 28.5 Å². The quantitative estimate of drug-likeness (QED) is 0.292. The average Bonchev–Trinajstić information content (AvgIpc) is 3.59. The number of nitrogens with zero attached hydrogens (tertiary/aromatic N) is 3. The van der Waals surface area contributed by atoms with Crippen molar-refractivity contribution in [1.29, 1.82) is 0 Å². The minimum absolute atomic E-state index is 0.000647. The van der Waals surface area contributed by atoms with Crippen LogP contribution in [0.15, 0.2) is 64.6 Å². The van der Waals surface area contributed by atoms with Gasteiger partial charge in [0, 0.05) is 42.6 Å². The Bertz CT molecular complexity index is 1110. The Morgan fingerprint density at radius 3 is 2.56 bits per heavy atom. The van der Waals surface area contributed by atoms with Gasteiger partial charge in [0.2, 0.25) is 5.91 Å². The summed E-state index contributed by atoms with van der Waals surface area (Å²) < 4.78 is 8.51. The van der Waals surface area contributed by atoms with Gasteiger partial charge in [-0.1, -0.05) is 53.4 Å². The summed E-state index contributed by atoms with van der Waals surface area (Å²) >= 11 is 4.90. The van der Waals surface area contributed by atoms with Crippen molar-refractivity contribution in [3.05, 3.63) is 80.7 Å². The third-order valence-corrected chi connectivity index (χ3v) is 8.16. The van der Waals surface area contributed by atoms with Gasteiger partial charge in [-0.05, 0) is 54.1 Å². The number of carbonyl (C=O) groups is 2. The molecule has 1 fully saturated rings. The number of aromatic nitrogens is 1. The highest BCUT2D eigenvalue weighted by atomic mass is 79.9. The molecule has 36 heavy (non-hydrogen) atoms. The van der Waals surface area contributed by atoms with Crippen molar-refractivity contribution in [3.63, 3.8) is 0 Å². The molecule has 1 aromatic carbocycles. The van der Waals surface area contributed by atoms with E-state index in [1.165, 1.54) is 23.3 Å². The Labute approximate surface area is 226 Å². The Morgan fingerprint density at radius 2 is 1.86 bits per heavy atom. The molecule has 4 rings (SSSR count). The van der Waals surface area contributed by atoms with Gasteiger partial charge in [-0.2, -0.15) is 0 Å². The SMILES string of the molecule is COCCN(CC(=O)N(Cc1cccn1Cc1ccc(Br)cc1)C1CCCCC1)C(=O)c1cccs1. The van der Waals surface area contributed by atoms with E-state index < -0.39 is 0 Å². The first kappa shape index (κ1) is 26.6. The predicted molar refractivity (Wildman–Crippen MR) is 147 cm³/mol. The normalized spacial score (nSPS) is 14.1. The van der Waals surface area contributed by atoms with Crippen LogP contribution in [0.25, 0.3) is 0 Å². The van der Waals surface area contributed by atoms with Crippen molar-refractivity contribution in [1.82, 2.24) is 14.4 Å². The number of carbonyl (C=O) groups excluding carboxylic acids is 2. The number of amides is 2. The van der Waals surface area contributed by atoms with Crippen LogP contribution in [0.1, 0.15) is 53.0 Å². The number of rotatable bonds is 11. The fourth-order valence-corrected chi connectivity index (χ4v) is 5.74. The molecule has 1 aliphatic rings. The van der Waals surface area contributed by atoms with Crippen LogP contribution in [0, 0.1) is 0 Å². The summed E-state index contributed by atoms with van der Waals surface area (Å²) in [5.41, 5.74) is 2.31. The second kappa shape index (κ2) is 13.2. The third-order valence-electron chi connectivity index (χ3n) is 6.77. The second-order valence-corrected chi connectivity index (χ2v) is 11.1. The molecule has 0 aliphatic heterocycles. The smallest absolute Gasteiger partial charge is 0.264 e. The van der Waals surface area contributed by atoms with E-state index in [0.717, 1.165) is 42.4 Å². The molecule has 0 N–H and O–H groups in total. The van der Waals surface area contributed by atoms with E-state index in [9.17, 15) is 9.59 Å². The van der Waals surface area contributed by atoms with Crippen molar-refractivity contribution < 1.29 is 14.3 Å². The lowest BCUT2D eigenvalue weighted by molar-refractivity contribution is -0.135. The van der Waals surface area contributed by atoms with Crippen LogP contribution in [0.2, 0.25) is 0 Å². The van der Waals surface area contributed by atoms with Crippen molar-refractivity contribution in [2.75, 3.05) is 26.8 Å². The Morgan fingerprint density at radius 1 is 1.08 bits per heavy atom. The number of thiophene rings is 1. The van der Waals surface area contributed by atoms with Crippen molar-refractivity contribution in [3.8, 4) is 0 Å². The van der Waals surface area contributed by atoms with Crippen LogP contribution in [0.4, 0.5) is 0 Å². The lowest BCUT2D eigenvalue weighted by Gasteiger charge is -2.36. The minimum Gasteiger partial charge on any atom is -0.383 e. The van der Waals surface area contributed by atoms with Crippen molar-refractivity contribution in [2.24, 2.45) is 0 Å². The summed E-state index contributed by atoms with van der Waals surface area (Å²) in [5, 5.41) is 1.89. The maximum absolute atomic E-state index is 13.8. The highest BCUT2D eigenvalue weighted by molar-refractivity contribution is 9.10. The molecule has 0 radical (unpaired) electrons. The minimum atomic E-state index is -0.113. The monoisotopic (exact) mass is 571 g/mol. The van der Waals surface area contributed by atoms with Crippen LogP contribution in [-0.4, -0.2) is 59.0 Å². The molecule has 6 nitrogen and oxygen atoms in total. The molecule has 1 aliphatic carbocycles. The summed E-state index contributed by atoms with van der Waals surface area (Å²) in [4.78, 5) is 31.3. The summed E-state index contributed by atoms with van der Waals surface area (Å²) in [6.45, 7) is 2.13. The number of hydrogen-bond donors (Lipinski definition) is 0. The molecule has 8 heteroatoms. The number of methoxy groups -OCH3 is 1. The van der Waals surface area contributed by atoms with Crippen molar-refractivity contribution in [2.45, 2.75) is 51.2 Å². The maximum atomic E-state index is 13.8. The first-order valence-electron chi connectivity index (χ1n) is 12.5. The molecule has 3 aromatic rings. The van der Waals surface area contributed by atoms with Gasteiger partial charge >= 0.3 is 0 Å². The molecule has 0 bridgehead atoms. The van der Waals surface area contributed by atoms with Gasteiger partial charge in [-0.25, -0.2) is 0 Å². The van der Waals surface area contributed by atoms with Gasteiger partial charge in [0.15, 0.2) is 0 Å². The summed E-state index contributed by atoms with van der Waals surface area (Å²) in [7, 11) is 1.61. The first-order chi connectivity index (χ1) is 17.5. The largest absolute Gasteiger partial charge is 0.383 e. The van der Waals surface area contributed by atoms with Crippen LogP contribution in [0.3, 0.4) is 0 Å². The van der Waals surface area contributed by atoms with Gasteiger partial charge in [0.1, 0.15) is 6.54 Å². The zero-order valence-electron chi connectivity index (χ0n) is 20.8. The van der Waals surface area contributed by atoms with E-state index in [2.05, 4.69) is 57.0 Å². The van der Waals surface area contributed by atoms with E-state index in [1.54, 1.807) is 12.0 Å². The van der Waals surface area contributed by atoms with Gasteiger partial charge in [0.25, 0.3) is 5.91 Å². The first-order valence-corrected chi connectivity index (χ1v) is 14.2. The molecule has 0 spiro atoms. The lowest BCUT2D eigenvalue weighted by atomic mass is 9.94. The number of benzene rings is 1. The highest BCUT2D eigenvalue weighted by Gasteiger charge is 2.29. The molecule has 0 unspecified atom stereocenters. The van der Waals surface area contributed by atoms with E-state index in [-0.39, 0.29) is 24.4 Å². The maximum Gasteiger partial charge on any atom is 0.264 e. The molecule has 0 atom stereocenters. The average molecular weight is 573 g/mol. The van der Waals surface area contributed by atoms with Crippen molar-refractivity contribution >= 4 is 39.1 Å². The van der Waals surface area contributed by atoms with Gasteiger partial charge in [-0.15, -0.1) is 11.3 Å². The Balaban J connectivity index is 1.52. The van der Waals surface area contributed by atoms with Crippen LogP contribution < -0.4 is 0 Å². The van der Waals surface area contributed by atoms with Crippen LogP contribution in [-0.2, 0) is 22.6 Å². The zero-order valence-corrected chi connectivity index (χ0v) is 23.2. The number of halogens is 1. The molecule has 0 saturated heterocycles. The third kappa shape index (κ3) is 7.08. The molecular weight excluding hydrogens is 538 g/mol. The molecule has 2 amide bonds. The Hall–Kier alpha value is -2.42. The number of hydrogen-bond acceptors (Lipinski definition) is 4. The molecule has 192 valence electrons. The fraction of sp³-hybridized carbons (Fsp3) is 0.429. The highest BCUT2D eigenvalue weighted by Crippen LogP contribution is 2.25. The fourth-order valence-electron chi connectivity index (χ4n) is 4.79. The second-order valence-electron chi connectivity index (χ2n) is 9.26. The van der Waals surface area contributed by atoms with Crippen LogP contribution in [0.5, 0.6) is 0 Å². The number of ether oxygens (including phenoxy) is 1. The summed E-state index contributed by atoms with van der Waals surface area (Å²) in [6, 6.07) is 16.3. The van der Waals surface area contributed by atoms with Gasteiger partial charge < -0.3 is 19.1 Å². The molecule has 2 aromatic heterocycles. The van der Waals surface area contributed by atoms with Crippen LogP contribution >= 0.6 is 27.3 Å². The van der Waals surface area contributed by atoms with Gasteiger partial charge in [-0.3, -0.25) is 9.59 Å². The summed E-state index contributed by atoms with van der Waals surface area (Å²) in [6.07, 6.45) is 7.58. The standard InChI is InChI=1S/C28H34BrN3O3S/c1-35-17-16-31(28(34)26-10-6-18-36-26)21-27(33)32(24-7-3-2-4-8-24)20-25-9-5-15-30(25)19-22-11-13-23(29)14-12-22/h5-6,9-15,18,24H,2-4,7-8,16-17,19-21H2,1H3. The Kier molecular flexibility index (Phi) is 9.78. The van der Waals surface area contributed by atoms with E-state index in [4.69, 9.17) is 4.74 Å². The lowest BCUT2D eigenvalue weighted by Crippen LogP contribution is -2.48. The zero-order chi connectivity index (χ0) is 25.3. The summed E-state index contributed by atoms with van der Waals surface area (Å²) in [5.74, 6) is -0.114. The van der Waals surface area contributed by atoms with E-state index in [0.29, 0.717) is 24.6 Å². The predicted octanol–water partition coefficient (Wildman–Crippen LogP) is 5.81. The van der Waals surface area contributed by atoms with E-state index >= 15 is 0 Å². The topological polar surface area (TPSA) is 54.8 Å². The molecule has 1 saturated carbocycles. The molecular formula is C28H34BrN3O3S. The van der Waals surface area contributed by atoms with Gasteiger partial charge in [0.05, 0.1) is 18.0 Å².